The number of benzene rings is 2. The average molecular weight is 365 g/mol. The second-order valence-electron chi connectivity index (χ2n) is 8.55. The van der Waals surface area contributed by atoms with E-state index in [-0.39, 0.29) is 17.4 Å². The molecule has 0 saturated heterocycles. The van der Waals surface area contributed by atoms with Crippen LogP contribution in [0.25, 0.3) is 11.1 Å². The number of carbonyl (C=O) groups is 1. The SMILES string of the molecule is CC1(C)CC[C@@H](O)[C@H](NC(=O)OCC2c3ccccc3-c3ccccc32)C1. The van der Waals surface area contributed by atoms with Gasteiger partial charge in [0, 0.05) is 5.92 Å². The molecule has 0 aromatic heterocycles. The number of aliphatic hydroxyl groups excluding tert-OH is 1. The molecular weight excluding hydrogens is 338 g/mol. The van der Waals surface area contributed by atoms with E-state index >= 15 is 0 Å². The topological polar surface area (TPSA) is 58.6 Å². The van der Waals surface area contributed by atoms with E-state index in [0.29, 0.717) is 13.0 Å². The molecule has 4 nitrogen and oxygen atoms in total. The van der Waals surface area contributed by atoms with Crippen LogP contribution in [0.1, 0.15) is 50.2 Å². The zero-order valence-corrected chi connectivity index (χ0v) is 15.9. The van der Waals surface area contributed by atoms with E-state index in [0.717, 1.165) is 12.8 Å². The van der Waals surface area contributed by atoms with Crippen LogP contribution in [0, 0.1) is 5.41 Å². The van der Waals surface area contributed by atoms with Gasteiger partial charge in [0.05, 0.1) is 12.1 Å². The molecule has 142 valence electrons. The van der Waals surface area contributed by atoms with Crippen LogP contribution in [0.4, 0.5) is 4.79 Å². The van der Waals surface area contributed by atoms with Crippen molar-refractivity contribution in [3.8, 4) is 11.1 Å². The summed E-state index contributed by atoms with van der Waals surface area (Å²) < 4.78 is 5.60. The summed E-state index contributed by atoms with van der Waals surface area (Å²) >= 11 is 0. The van der Waals surface area contributed by atoms with E-state index in [2.05, 4.69) is 43.4 Å². The van der Waals surface area contributed by atoms with Gasteiger partial charge in [-0.2, -0.15) is 0 Å². The number of carbonyl (C=O) groups excluding carboxylic acids is 1. The van der Waals surface area contributed by atoms with Crippen LogP contribution in [-0.2, 0) is 4.74 Å². The number of aliphatic hydroxyl groups is 1. The number of amides is 1. The molecule has 2 aliphatic rings. The molecule has 27 heavy (non-hydrogen) atoms. The molecule has 4 heteroatoms. The minimum absolute atomic E-state index is 0.0517. The predicted molar refractivity (Wildman–Crippen MR) is 106 cm³/mol. The highest BCUT2D eigenvalue weighted by atomic mass is 16.5. The Morgan fingerprint density at radius 1 is 1.11 bits per heavy atom. The van der Waals surface area contributed by atoms with Gasteiger partial charge in [-0.25, -0.2) is 4.79 Å². The Bertz CT molecular complexity index is 800. The lowest BCUT2D eigenvalue weighted by molar-refractivity contribution is 0.0397. The molecule has 2 aliphatic carbocycles. The summed E-state index contributed by atoms with van der Waals surface area (Å²) in [5.74, 6) is 0.0517. The zero-order chi connectivity index (χ0) is 19.0. The Morgan fingerprint density at radius 3 is 2.33 bits per heavy atom. The quantitative estimate of drug-likeness (QED) is 0.844. The number of nitrogens with one attached hydrogen (secondary N) is 1. The minimum atomic E-state index is -0.501. The highest BCUT2D eigenvalue weighted by Crippen LogP contribution is 2.44. The third-order valence-electron chi connectivity index (χ3n) is 6.00. The van der Waals surface area contributed by atoms with Crippen LogP contribution in [0.5, 0.6) is 0 Å². The standard InChI is InChI=1S/C23H27NO3/c1-23(2)12-11-21(25)20(13-23)24-22(26)27-14-19-17-9-5-3-7-15(17)16-8-4-6-10-18(16)19/h3-10,19-21,25H,11-14H2,1-2H3,(H,24,26)/t20-,21-/m1/s1. The second kappa shape index (κ2) is 7.01. The summed E-state index contributed by atoms with van der Waals surface area (Å²) in [5, 5.41) is 13.1. The molecule has 0 heterocycles. The van der Waals surface area contributed by atoms with E-state index in [9.17, 15) is 9.90 Å². The zero-order valence-electron chi connectivity index (χ0n) is 15.9. The molecule has 2 atom stereocenters. The number of alkyl carbamates (subject to hydrolysis) is 1. The molecule has 1 fully saturated rings. The maximum absolute atomic E-state index is 12.4. The van der Waals surface area contributed by atoms with Crippen LogP contribution in [0.15, 0.2) is 48.5 Å². The van der Waals surface area contributed by atoms with Crippen LogP contribution in [0.3, 0.4) is 0 Å². The Balaban J connectivity index is 1.44. The van der Waals surface area contributed by atoms with Gasteiger partial charge in [0.2, 0.25) is 0 Å². The molecule has 0 aliphatic heterocycles. The Morgan fingerprint density at radius 2 is 1.70 bits per heavy atom. The summed E-state index contributed by atoms with van der Waals surface area (Å²) in [6.45, 7) is 4.64. The van der Waals surface area contributed by atoms with Gasteiger partial charge in [-0.05, 0) is 46.9 Å². The van der Waals surface area contributed by atoms with E-state index in [1.165, 1.54) is 22.3 Å². The first-order valence-electron chi connectivity index (χ1n) is 9.74. The Kier molecular flexibility index (Phi) is 4.68. The fourth-order valence-corrected chi connectivity index (χ4v) is 4.51. The van der Waals surface area contributed by atoms with Crippen molar-refractivity contribution >= 4 is 6.09 Å². The van der Waals surface area contributed by atoms with E-state index in [1.807, 2.05) is 24.3 Å². The fourth-order valence-electron chi connectivity index (χ4n) is 4.51. The Hall–Kier alpha value is -2.33. The molecule has 4 rings (SSSR count). The van der Waals surface area contributed by atoms with Crippen molar-refractivity contribution in [1.82, 2.24) is 5.32 Å². The maximum Gasteiger partial charge on any atom is 0.407 e. The molecule has 1 saturated carbocycles. The number of hydrogen-bond donors (Lipinski definition) is 2. The van der Waals surface area contributed by atoms with Gasteiger partial charge in [-0.15, -0.1) is 0 Å². The molecule has 2 aromatic rings. The minimum Gasteiger partial charge on any atom is -0.449 e. The van der Waals surface area contributed by atoms with Gasteiger partial charge in [0.15, 0.2) is 0 Å². The van der Waals surface area contributed by atoms with E-state index in [1.54, 1.807) is 0 Å². The van der Waals surface area contributed by atoms with Gasteiger partial charge in [0.1, 0.15) is 6.61 Å². The number of rotatable bonds is 3. The summed E-state index contributed by atoms with van der Waals surface area (Å²) in [4.78, 5) is 12.4. The molecular formula is C23H27NO3. The first kappa shape index (κ1) is 18.1. The van der Waals surface area contributed by atoms with Crippen LogP contribution in [0.2, 0.25) is 0 Å². The van der Waals surface area contributed by atoms with E-state index < -0.39 is 12.2 Å². The first-order valence-corrected chi connectivity index (χ1v) is 9.74. The van der Waals surface area contributed by atoms with Crippen LogP contribution >= 0.6 is 0 Å². The fraction of sp³-hybridized carbons (Fsp3) is 0.435. The second-order valence-corrected chi connectivity index (χ2v) is 8.55. The summed E-state index contributed by atoms with van der Waals surface area (Å²) in [6.07, 6.45) is 1.49. The van der Waals surface area contributed by atoms with Gasteiger partial charge in [0.25, 0.3) is 0 Å². The monoisotopic (exact) mass is 365 g/mol. The molecule has 1 amide bonds. The van der Waals surface area contributed by atoms with Crippen molar-refractivity contribution in [3.63, 3.8) is 0 Å². The normalized spacial score (nSPS) is 23.4. The number of hydrogen-bond acceptors (Lipinski definition) is 3. The highest BCUT2D eigenvalue weighted by Gasteiger charge is 2.35. The Labute approximate surface area is 160 Å². The lowest BCUT2D eigenvalue weighted by atomic mass is 9.74. The lowest BCUT2D eigenvalue weighted by Crippen LogP contribution is -2.49. The molecule has 2 aromatic carbocycles. The molecule has 0 radical (unpaired) electrons. The third-order valence-corrected chi connectivity index (χ3v) is 6.00. The molecule has 0 unspecified atom stereocenters. The maximum atomic E-state index is 12.4. The van der Waals surface area contributed by atoms with E-state index in [4.69, 9.17) is 4.74 Å². The lowest BCUT2D eigenvalue weighted by Gasteiger charge is -2.38. The summed E-state index contributed by atoms with van der Waals surface area (Å²) in [6, 6.07) is 16.3. The predicted octanol–water partition coefficient (Wildman–Crippen LogP) is 4.46. The molecule has 0 bridgehead atoms. The average Bonchev–Trinajstić information content (AvgIpc) is 2.97. The van der Waals surface area contributed by atoms with Crippen molar-refractivity contribution in [2.75, 3.05) is 6.61 Å². The van der Waals surface area contributed by atoms with Gasteiger partial charge in [-0.1, -0.05) is 62.4 Å². The van der Waals surface area contributed by atoms with Crippen molar-refractivity contribution < 1.29 is 14.6 Å². The van der Waals surface area contributed by atoms with Gasteiger partial charge < -0.3 is 15.2 Å². The first-order chi connectivity index (χ1) is 12.9. The molecule has 2 N–H and O–H groups in total. The third kappa shape index (κ3) is 3.59. The highest BCUT2D eigenvalue weighted by molar-refractivity contribution is 5.79. The van der Waals surface area contributed by atoms with Crippen LogP contribution < -0.4 is 5.32 Å². The number of fused-ring (bicyclic) bond motifs is 3. The summed E-state index contributed by atoms with van der Waals surface area (Å²) in [5.41, 5.74) is 4.95. The van der Waals surface area contributed by atoms with Gasteiger partial charge in [-0.3, -0.25) is 0 Å². The van der Waals surface area contributed by atoms with Gasteiger partial charge >= 0.3 is 6.09 Å². The molecule has 0 spiro atoms. The smallest absolute Gasteiger partial charge is 0.407 e. The summed E-state index contributed by atoms with van der Waals surface area (Å²) in [7, 11) is 0. The van der Waals surface area contributed by atoms with Crippen LogP contribution in [-0.4, -0.2) is 30.0 Å². The number of ether oxygens (including phenoxy) is 1. The van der Waals surface area contributed by atoms with Crippen molar-refractivity contribution in [2.45, 2.75) is 51.2 Å². The largest absolute Gasteiger partial charge is 0.449 e. The van der Waals surface area contributed by atoms with Crippen molar-refractivity contribution in [1.29, 1.82) is 0 Å². The van der Waals surface area contributed by atoms with Crippen molar-refractivity contribution in [3.05, 3.63) is 59.7 Å². The van der Waals surface area contributed by atoms with Crippen molar-refractivity contribution in [2.24, 2.45) is 5.41 Å².